The minimum Gasteiger partial charge on any atom is -0.391 e. The van der Waals surface area contributed by atoms with E-state index in [-0.39, 0.29) is 18.6 Å². The van der Waals surface area contributed by atoms with Gasteiger partial charge in [0.05, 0.1) is 12.3 Å². The van der Waals surface area contributed by atoms with E-state index in [9.17, 15) is 9.90 Å². The molecule has 6 nitrogen and oxygen atoms in total. The van der Waals surface area contributed by atoms with Crippen LogP contribution in [0, 0.1) is 6.92 Å². The van der Waals surface area contributed by atoms with Crippen molar-refractivity contribution in [3.05, 3.63) is 11.3 Å². The molecule has 0 radical (unpaired) electrons. The molecule has 0 aromatic carbocycles. The predicted molar refractivity (Wildman–Crippen MR) is 68.3 cm³/mol. The van der Waals surface area contributed by atoms with E-state index in [1.54, 1.807) is 11.7 Å². The van der Waals surface area contributed by atoms with Gasteiger partial charge in [-0.1, -0.05) is 0 Å². The molecular formula is C12H20N4O2. The van der Waals surface area contributed by atoms with Gasteiger partial charge in [-0.05, 0) is 19.8 Å². The van der Waals surface area contributed by atoms with Gasteiger partial charge in [-0.25, -0.2) is 0 Å². The first-order chi connectivity index (χ1) is 8.60. The minimum atomic E-state index is -0.157. The molecule has 2 N–H and O–H groups in total. The van der Waals surface area contributed by atoms with Crippen molar-refractivity contribution in [1.29, 1.82) is 0 Å². The normalized spacial score (nSPS) is 19.3. The quantitative estimate of drug-likeness (QED) is 0.790. The van der Waals surface area contributed by atoms with Gasteiger partial charge in [-0.2, -0.15) is 5.10 Å². The van der Waals surface area contributed by atoms with E-state index in [1.807, 2.05) is 18.9 Å². The molecule has 1 aliphatic rings. The number of aromatic nitrogens is 2. The van der Waals surface area contributed by atoms with Crippen molar-refractivity contribution >= 4 is 11.7 Å². The van der Waals surface area contributed by atoms with E-state index in [1.165, 1.54) is 0 Å². The van der Waals surface area contributed by atoms with E-state index in [4.69, 9.17) is 0 Å². The molecule has 1 aromatic heterocycles. The van der Waals surface area contributed by atoms with Crippen molar-refractivity contribution < 1.29 is 9.90 Å². The summed E-state index contributed by atoms with van der Waals surface area (Å²) < 4.78 is 1.75. The first-order valence-electron chi connectivity index (χ1n) is 6.21. The topological polar surface area (TPSA) is 70.4 Å². The van der Waals surface area contributed by atoms with Crippen molar-refractivity contribution in [3.63, 3.8) is 0 Å². The molecule has 1 saturated heterocycles. The highest BCUT2D eigenvalue weighted by Crippen LogP contribution is 2.30. The van der Waals surface area contributed by atoms with Crippen molar-refractivity contribution in [1.82, 2.24) is 15.1 Å². The lowest BCUT2D eigenvalue weighted by atomic mass is 10.2. The zero-order chi connectivity index (χ0) is 13.3. The van der Waals surface area contributed by atoms with Crippen LogP contribution in [0.15, 0.2) is 0 Å². The van der Waals surface area contributed by atoms with Gasteiger partial charge in [0.15, 0.2) is 0 Å². The number of likely N-dealkylation sites (N-methyl/N-ethyl adjacent to an activating group) is 1. The Labute approximate surface area is 107 Å². The van der Waals surface area contributed by atoms with E-state index in [0.29, 0.717) is 0 Å². The molecule has 1 atom stereocenters. The highest BCUT2D eigenvalue weighted by Gasteiger charge is 2.33. The monoisotopic (exact) mass is 252 g/mol. The third-order valence-electron chi connectivity index (χ3n) is 3.55. The number of nitrogens with zero attached hydrogens (tertiary/aromatic N) is 3. The number of nitrogens with one attached hydrogen (secondary N) is 1. The maximum atomic E-state index is 11.9. The van der Waals surface area contributed by atoms with Crippen LogP contribution in [0.5, 0.6) is 0 Å². The Balaban J connectivity index is 2.38. The molecular weight excluding hydrogens is 232 g/mol. The Hall–Kier alpha value is -1.56. The fourth-order valence-corrected chi connectivity index (χ4v) is 2.69. The maximum absolute atomic E-state index is 11.9. The average molecular weight is 252 g/mol. The van der Waals surface area contributed by atoms with Crippen LogP contribution < -0.4 is 10.2 Å². The van der Waals surface area contributed by atoms with Gasteiger partial charge in [0, 0.05) is 26.2 Å². The zero-order valence-corrected chi connectivity index (χ0v) is 11.1. The number of aliphatic hydroxyl groups excluding tert-OH is 1. The van der Waals surface area contributed by atoms with Gasteiger partial charge < -0.3 is 15.3 Å². The highest BCUT2D eigenvalue weighted by molar-refractivity contribution is 5.85. The summed E-state index contributed by atoms with van der Waals surface area (Å²) >= 11 is 0. The number of amides is 1. The molecule has 18 heavy (non-hydrogen) atoms. The average Bonchev–Trinajstić information content (AvgIpc) is 2.91. The largest absolute Gasteiger partial charge is 0.391 e. The second-order valence-corrected chi connectivity index (χ2v) is 4.63. The summed E-state index contributed by atoms with van der Waals surface area (Å²) in [6.45, 7) is 2.65. The predicted octanol–water partition coefficient (Wildman–Crippen LogP) is -0.0644. The Morgan fingerprint density at radius 2 is 2.33 bits per heavy atom. The van der Waals surface area contributed by atoms with Crippen LogP contribution in [-0.4, -0.2) is 40.4 Å². The van der Waals surface area contributed by atoms with Crippen LogP contribution in [0.25, 0.3) is 0 Å². The number of rotatable bonds is 3. The molecule has 1 aliphatic heterocycles. The van der Waals surface area contributed by atoms with Crippen LogP contribution in [0.2, 0.25) is 0 Å². The molecule has 100 valence electrons. The Morgan fingerprint density at radius 1 is 1.61 bits per heavy atom. The number of aryl methyl sites for hydroxylation is 2. The summed E-state index contributed by atoms with van der Waals surface area (Å²) in [5.41, 5.74) is 1.63. The highest BCUT2D eigenvalue weighted by atomic mass is 16.3. The Morgan fingerprint density at radius 3 is 2.94 bits per heavy atom. The van der Waals surface area contributed by atoms with E-state index in [2.05, 4.69) is 10.4 Å². The first-order valence-corrected chi connectivity index (χ1v) is 6.21. The first kappa shape index (κ1) is 12.9. The number of aliphatic hydroxyl groups is 1. The van der Waals surface area contributed by atoms with Gasteiger partial charge in [0.25, 0.3) is 0 Å². The van der Waals surface area contributed by atoms with Gasteiger partial charge in [-0.3, -0.25) is 9.48 Å². The van der Waals surface area contributed by atoms with E-state index < -0.39 is 0 Å². The standard InChI is InChI=1S/C12H20N4O2/c1-8-9(7-17)12(15(3)14-8)16-6-4-5-10(16)11(18)13-2/h10,17H,4-7H2,1-3H3,(H,13,18). The van der Waals surface area contributed by atoms with Gasteiger partial charge in [0.1, 0.15) is 11.9 Å². The molecule has 2 rings (SSSR count). The number of hydrogen-bond donors (Lipinski definition) is 2. The second-order valence-electron chi connectivity index (χ2n) is 4.63. The van der Waals surface area contributed by atoms with E-state index in [0.717, 1.165) is 36.5 Å². The van der Waals surface area contributed by atoms with Crippen molar-refractivity contribution in [2.24, 2.45) is 7.05 Å². The third kappa shape index (κ3) is 1.96. The summed E-state index contributed by atoms with van der Waals surface area (Å²) in [6, 6.07) is -0.157. The lowest BCUT2D eigenvalue weighted by molar-refractivity contribution is -0.121. The number of hydrogen-bond acceptors (Lipinski definition) is 4. The summed E-state index contributed by atoms with van der Waals surface area (Å²) in [6.07, 6.45) is 1.82. The SMILES string of the molecule is CNC(=O)C1CCCN1c1c(CO)c(C)nn1C. The number of carbonyl (C=O) groups excluding carboxylic acids is 1. The lowest BCUT2D eigenvalue weighted by Crippen LogP contribution is -2.43. The maximum Gasteiger partial charge on any atom is 0.242 e. The molecule has 1 aromatic rings. The summed E-state index contributed by atoms with van der Waals surface area (Å²) in [4.78, 5) is 13.9. The number of anilines is 1. The van der Waals surface area contributed by atoms with Crippen molar-refractivity contribution in [2.45, 2.75) is 32.4 Å². The van der Waals surface area contributed by atoms with Crippen LogP contribution in [-0.2, 0) is 18.4 Å². The molecule has 6 heteroatoms. The summed E-state index contributed by atoms with van der Waals surface area (Å²) in [7, 11) is 3.50. The van der Waals surface area contributed by atoms with Crippen LogP contribution in [0.3, 0.4) is 0 Å². The smallest absolute Gasteiger partial charge is 0.242 e. The van der Waals surface area contributed by atoms with Gasteiger partial charge in [0.2, 0.25) is 5.91 Å². The van der Waals surface area contributed by atoms with Crippen LogP contribution in [0.4, 0.5) is 5.82 Å². The van der Waals surface area contributed by atoms with Crippen molar-refractivity contribution in [3.8, 4) is 0 Å². The summed E-state index contributed by atoms with van der Waals surface area (Å²) in [5.74, 6) is 0.886. The Bertz CT molecular complexity index is 455. The molecule has 2 heterocycles. The lowest BCUT2D eigenvalue weighted by Gasteiger charge is -2.26. The molecule has 0 aliphatic carbocycles. The molecule has 0 bridgehead atoms. The molecule has 0 saturated carbocycles. The zero-order valence-electron chi connectivity index (χ0n) is 11.1. The van der Waals surface area contributed by atoms with Gasteiger partial charge in [-0.15, -0.1) is 0 Å². The van der Waals surface area contributed by atoms with Crippen LogP contribution in [0.1, 0.15) is 24.1 Å². The van der Waals surface area contributed by atoms with E-state index >= 15 is 0 Å². The summed E-state index contributed by atoms with van der Waals surface area (Å²) in [5, 5.41) is 16.5. The third-order valence-corrected chi connectivity index (χ3v) is 3.55. The molecule has 1 unspecified atom stereocenters. The fraction of sp³-hybridized carbons (Fsp3) is 0.667. The molecule has 1 amide bonds. The fourth-order valence-electron chi connectivity index (χ4n) is 2.69. The molecule has 1 fully saturated rings. The Kier molecular flexibility index (Phi) is 3.56. The number of carbonyl (C=O) groups is 1. The molecule has 0 spiro atoms. The van der Waals surface area contributed by atoms with Crippen molar-refractivity contribution in [2.75, 3.05) is 18.5 Å². The van der Waals surface area contributed by atoms with Gasteiger partial charge >= 0.3 is 0 Å². The minimum absolute atomic E-state index is 0.0234. The van der Waals surface area contributed by atoms with Crippen LogP contribution >= 0.6 is 0 Å². The second kappa shape index (κ2) is 4.97.